The van der Waals surface area contributed by atoms with Gasteiger partial charge < -0.3 is 25.8 Å². The number of rotatable bonds is 10. The van der Waals surface area contributed by atoms with Crippen LogP contribution < -0.4 is 20.9 Å². The Morgan fingerprint density at radius 2 is 1.97 bits per heavy atom. The minimum Gasteiger partial charge on any atom is -0.369 e. The molecule has 2 aliphatic rings. The fourth-order valence-corrected chi connectivity index (χ4v) is 4.53. The van der Waals surface area contributed by atoms with Gasteiger partial charge in [-0.2, -0.15) is 4.98 Å². The van der Waals surface area contributed by atoms with E-state index in [0.29, 0.717) is 19.5 Å². The van der Waals surface area contributed by atoms with E-state index >= 15 is 0 Å². The average Bonchev–Trinajstić information content (AvgIpc) is 2.79. The molecule has 8 nitrogen and oxygen atoms in total. The van der Waals surface area contributed by atoms with Gasteiger partial charge in [0.05, 0.1) is 11.3 Å². The number of amides is 1. The third-order valence-electron chi connectivity index (χ3n) is 6.54. The van der Waals surface area contributed by atoms with Gasteiger partial charge in [0.2, 0.25) is 11.9 Å². The van der Waals surface area contributed by atoms with Crippen LogP contribution in [0.3, 0.4) is 0 Å². The smallest absolute Gasteiger partial charge is 0.268 e. The second-order valence-corrected chi connectivity index (χ2v) is 9.93. The molecular formula is C24H32BrF2N7O. The summed E-state index contributed by atoms with van der Waals surface area (Å²) in [4.78, 5) is 24.9. The van der Waals surface area contributed by atoms with Gasteiger partial charge in [-0.05, 0) is 60.4 Å². The van der Waals surface area contributed by atoms with Crippen molar-refractivity contribution in [3.05, 3.63) is 34.4 Å². The molecule has 0 spiro atoms. The largest absolute Gasteiger partial charge is 0.369 e. The van der Waals surface area contributed by atoms with E-state index in [4.69, 9.17) is 0 Å². The van der Waals surface area contributed by atoms with Gasteiger partial charge in [-0.1, -0.05) is 6.42 Å². The van der Waals surface area contributed by atoms with E-state index in [1.54, 1.807) is 0 Å². The highest BCUT2D eigenvalue weighted by Crippen LogP contribution is 2.31. The van der Waals surface area contributed by atoms with Gasteiger partial charge in [0.15, 0.2) is 0 Å². The van der Waals surface area contributed by atoms with Crippen molar-refractivity contribution in [1.29, 1.82) is 0 Å². The minimum absolute atomic E-state index is 0.0854. The average molecular weight is 552 g/mol. The van der Waals surface area contributed by atoms with Crippen LogP contribution in [0.25, 0.3) is 0 Å². The van der Waals surface area contributed by atoms with E-state index in [1.165, 1.54) is 0 Å². The molecule has 1 amide bonds. The second kappa shape index (κ2) is 11.9. The van der Waals surface area contributed by atoms with Crippen LogP contribution in [-0.4, -0.2) is 67.1 Å². The summed E-state index contributed by atoms with van der Waals surface area (Å²) in [5, 5.41) is 9.00. The van der Waals surface area contributed by atoms with Crippen LogP contribution in [0.4, 0.5) is 31.9 Å². The lowest BCUT2D eigenvalue weighted by atomic mass is 9.85. The monoisotopic (exact) mass is 551 g/mol. The molecule has 35 heavy (non-hydrogen) atoms. The van der Waals surface area contributed by atoms with Crippen molar-refractivity contribution in [2.45, 2.75) is 32.1 Å². The topological polar surface area (TPSA) is 85.4 Å². The lowest BCUT2D eigenvalue weighted by Crippen LogP contribution is -2.44. The van der Waals surface area contributed by atoms with E-state index in [9.17, 15) is 13.6 Å². The molecule has 1 saturated carbocycles. The van der Waals surface area contributed by atoms with Crippen LogP contribution in [0.1, 0.15) is 37.7 Å². The molecule has 0 radical (unpaired) electrons. The minimum atomic E-state index is -2.69. The first-order chi connectivity index (χ1) is 16.9. The first-order valence-corrected chi connectivity index (χ1v) is 12.9. The number of benzene rings is 1. The van der Waals surface area contributed by atoms with E-state index in [0.717, 1.165) is 67.5 Å². The fourth-order valence-electron chi connectivity index (χ4n) is 4.06. The van der Waals surface area contributed by atoms with Gasteiger partial charge in [-0.15, -0.1) is 0 Å². The summed E-state index contributed by atoms with van der Waals surface area (Å²) < 4.78 is 27.8. The Morgan fingerprint density at radius 3 is 2.63 bits per heavy atom. The number of halogens is 3. The molecule has 0 unspecified atom stereocenters. The van der Waals surface area contributed by atoms with E-state index < -0.39 is 6.43 Å². The van der Waals surface area contributed by atoms with Crippen molar-refractivity contribution in [3.63, 3.8) is 0 Å². The summed E-state index contributed by atoms with van der Waals surface area (Å²) in [7, 11) is 2.12. The number of likely N-dealkylation sites (N-methyl/N-ethyl adjacent to an activating group) is 1. The van der Waals surface area contributed by atoms with Crippen LogP contribution in [0.5, 0.6) is 0 Å². The summed E-state index contributed by atoms with van der Waals surface area (Å²) >= 11 is 3.60. The molecule has 2 aromatic rings. The van der Waals surface area contributed by atoms with Crippen molar-refractivity contribution in [2.24, 2.45) is 5.92 Å². The Kier molecular flexibility index (Phi) is 8.72. The molecule has 4 rings (SSSR count). The zero-order valence-corrected chi connectivity index (χ0v) is 21.5. The lowest BCUT2D eigenvalue weighted by Gasteiger charge is -2.34. The Bertz CT molecular complexity index is 1010. The number of nitrogens with one attached hydrogen (secondary N) is 3. The lowest BCUT2D eigenvalue weighted by molar-refractivity contribution is -0.127. The molecule has 0 bridgehead atoms. The Hall–Kier alpha value is -2.53. The maximum absolute atomic E-state index is 13.5. The highest BCUT2D eigenvalue weighted by molar-refractivity contribution is 9.10. The molecule has 2 heterocycles. The number of piperazine rings is 1. The van der Waals surface area contributed by atoms with Crippen molar-refractivity contribution < 1.29 is 13.6 Å². The van der Waals surface area contributed by atoms with Crippen LogP contribution in [0.15, 0.2) is 28.9 Å². The van der Waals surface area contributed by atoms with Gasteiger partial charge in [-0.3, -0.25) is 4.79 Å². The van der Waals surface area contributed by atoms with Crippen LogP contribution >= 0.6 is 15.9 Å². The highest BCUT2D eigenvalue weighted by atomic mass is 79.9. The van der Waals surface area contributed by atoms with Crippen molar-refractivity contribution in [3.8, 4) is 0 Å². The molecule has 11 heteroatoms. The van der Waals surface area contributed by atoms with Gasteiger partial charge in [0.25, 0.3) is 6.43 Å². The van der Waals surface area contributed by atoms with Crippen LogP contribution in [0, 0.1) is 5.92 Å². The molecule has 190 valence electrons. The predicted octanol–water partition coefficient (Wildman–Crippen LogP) is 4.39. The van der Waals surface area contributed by atoms with E-state index in [1.807, 2.05) is 18.2 Å². The third kappa shape index (κ3) is 6.78. The molecule has 1 aromatic carbocycles. The molecule has 3 N–H and O–H groups in total. The summed E-state index contributed by atoms with van der Waals surface area (Å²) in [5.74, 6) is 0.539. The van der Waals surface area contributed by atoms with E-state index in [-0.39, 0.29) is 29.2 Å². The van der Waals surface area contributed by atoms with Gasteiger partial charge in [-0.25, -0.2) is 13.8 Å². The number of aromatic nitrogens is 2. The third-order valence-corrected chi connectivity index (χ3v) is 7.20. The Labute approximate surface area is 213 Å². The van der Waals surface area contributed by atoms with Gasteiger partial charge in [0.1, 0.15) is 5.82 Å². The number of anilines is 4. The Balaban J connectivity index is 1.35. The molecule has 1 saturated heterocycles. The first-order valence-electron chi connectivity index (χ1n) is 12.1. The summed E-state index contributed by atoms with van der Waals surface area (Å²) in [6.07, 6.45) is 2.07. The fraction of sp³-hybridized carbons (Fsp3) is 0.542. The zero-order valence-electron chi connectivity index (χ0n) is 19.9. The summed E-state index contributed by atoms with van der Waals surface area (Å²) in [6.45, 7) is 4.87. The summed E-state index contributed by atoms with van der Waals surface area (Å²) in [6, 6.07) is 6.00. The molecule has 2 fully saturated rings. The van der Waals surface area contributed by atoms with Crippen molar-refractivity contribution >= 4 is 45.0 Å². The Morgan fingerprint density at radius 1 is 1.20 bits per heavy atom. The van der Waals surface area contributed by atoms with Crippen molar-refractivity contribution in [2.75, 3.05) is 61.8 Å². The molecule has 0 atom stereocenters. The number of alkyl halides is 2. The molecule has 1 aliphatic carbocycles. The number of nitrogens with zero attached hydrogens (tertiary/aromatic N) is 4. The van der Waals surface area contributed by atoms with Crippen LogP contribution in [-0.2, 0) is 4.79 Å². The van der Waals surface area contributed by atoms with Crippen LogP contribution in [0.2, 0.25) is 0 Å². The van der Waals surface area contributed by atoms with Crippen molar-refractivity contribution in [1.82, 2.24) is 20.2 Å². The first kappa shape index (κ1) is 25.6. The van der Waals surface area contributed by atoms with Gasteiger partial charge in [0, 0.05) is 61.5 Å². The standard InChI is InChI=1S/C24H32BrF2N7O/c1-33-10-12-34(13-11-33)17-6-7-20(19(25)14-17)31-24-30-15-18(21(26)27)22(32-24)28-8-3-9-29-23(35)16-4-2-5-16/h6-7,14-16,21H,2-5,8-13H2,1H3,(H,29,35)(H2,28,30,31,32). The SMILES string of the molecule is CN1CCN(c2ccc(Nc3ncc(C(F)F)c(NCCCNC(=O)C4CCC4)n3)c(Br)c2)CC1. The van der Waals surface area contributed by atoms with E-state index in [2.05, 4.69) is 58.7 Å². The maximum atomic E-state index is 13.5. The van der Waals surface area contributed by atoms with Gasteiger partial charge >= 0.3 is 0 Å². The second-order valence-electron chi connectivity index (χ2n) is 9.08. The zero-order chi connectivity index (χ0) is 24.8. The quantitative estimate of drug-likeness (QED) is 0.377. The highest BCUT2D eigenvalue weighted by Gasteiger charge is 2.24. The number of carbonyl (C=O) groups excluding carboxylic acids is 1. The molecular weight excluding hydrogens is 520 g/mol. The predicted molar refractivity (Wildman–Crippen MR) is 138 cm³/mol. The number of hydrogen-bond acceptors (Lipinski definition) is 7. The molecule has 1 aliphatic heterocycles. The molecule has 1 aromatic heterocycles. The maximum Gasteiger partial charge on any atom is 0.268 e. The normalized spacial score (nSPS) is 16.8. The summed E-state index contributed by atoms with van der Waals surface area (Å²) in [5.41, 5.74) is 1.62. The number of carbonyl (C=O) groups is 1. The number of hydrogen-bond donors (Lipinski definition) is 3.